The van der Waals surface area contributed by atoms with Crippen molar-refractivity contribution in [1.29, 1.82) is 0 Å². The molecule has 0 radical (unpaired) electrons. The van der Waals surface area contributed by atoms with Crippen LogP contribution in [0.3, 0.4) is 0 Å². The number of oxazole rings is 1. The summed E-state index contributed by atoms with van der Waals surface area (Å²) in [5, 5.41) is 12.1. The van der Waals surface area contributed by atoms with Crippen molar-refractivity contribution < 1.29 is 18.7 Å². The average Bonchev–Trinajstić information content (AvgIpc) is 3.34. The van der Waals surface area contributed by atoms with Crippen molar-refractivity contribution in [3.63, 3.8) is 0 Å². The number of aliphatic hydroxyl groups is 1. The largest absolute Gasteiger partial charge is 0.436 e. The lowest BCUT2D eigenvalue weighted by Crippen LogP contribution is -2.63. The first-order valence-corrected chi connectivity index (χ1v) is 12.9. The summed E-state index contributed by atoms with van der Waals surface area (Å²) >= 11 is 0. The molecule has 0 spiro atoms. The van der Waals surface area contributed by atoms with Crippen molar-refractivity contribution in [1.82, 2.24) is 4.98 Å². The molecule has 3 aliphatic heterocycles. The molecule has 5 nitrogen and oxygen atoms in total. The van der Waals surface area contributed by atoms with Gasteiger partial charge < -0.3 is 18.7 Å². The number of hydrogen-bond acceptors (Lipinski definition) is 4. The van der Waals surface area contributed by atoms with Crippen molar-refractivity contribution >= 4 is 0 Å². The van der Waals surface area contributed by atoms with E-state index in [9.17, 15) is 5.11 Å². The smallest absolute Gasteiger partial charge is 0.231 e. The zero-order chi connectivity index (χ0) is 22.7. The molecule has 2 bridgehead atoms. The lowest BCUT2D eigenvalue weighted by molar-refractivity contribution is -0.959. The number of allylic oxidation sites excluding steroid dienone is 1. The summed E-state index contributed by atoms with van der Waals surface area (Å²) in [7, 11) is 0. The summed E-state index contributed by atoms with van der Waals surface area (Å²) in [6.45, 7) is 6.98. The van der Waals surface area contributed by atoms with Crippen LogP contribution in [0.15, 0.2) is 53.1 Å². The first-order chi connectivity index (χ1) is 16.1. The second-order valence-electron chi connectivity index (χ2n) is 10.5. The first kappa shape index (κ1) is 22.8. The maximum Gasteiger partial charge on any atom is 0.231 e. The molecule has 33 heavy (non-hydrogen) atoms. The van der Waals surface area contributed by atoms with E-state index in [4.69, 9.17) is 14.1 Å². The van der Waals surface area contributed by atoms with Crippen LogP contribution in [0.4, 0.5) is 0 Å². The number of hydrogen-bond donors (Lipinski definition) is 1. The minimum atomic E-state index is -1.16. The molecule has 4 aliphatic rings. The highest BCUT2D eigenvalue weighted by atomic mass is 16.5. The fraction of sp³-hybridized carbons (Fsp3) is 0.607. The summed E-state index contributed by atoms with van der Waals surface area (Å²) in [6, 6.07) is 10.0. The van der Waals surface area contributed by atoms with Gasteiger partial charge in [0.15, 0.2) is 11.4 Å². The number of benzene rings is 1. The Morgan fingerprint density at radius 1 is 1.12 bits per heavy atom. The fourth-order valence-corrected chi connectivity index (χ4v) is 6.54. The number of nitrogens with zero attached hydrogens (tertiary/aromatic N) is 2. The highest BCUT2D eigenvalue weighted by molar-refractivity contribution is 5.30. The van der Waals surface area contributed by atoms with Crippen molar-refractivity contribution in [2.24, 2.45) is 11.8 Å². The topological polar surface area (TPSA) is 55.5 Å². The molecule has 1 aliphatic carbocycles. The van der Waals surface area contributed by atoms with E-state index in [0.29, 0.717) is 24.5 Å². The van der Waals surface area contributed by atoms with Gasteiger partial charge in [0, 0.05) is 24.7 Å². The standard InChI is InChI=1S/C28H39N2O3/c1-2-3-18-32-26-21-30(16-14-22(26)15-17-30)20-25-19-29-27(33-25)28(31,23-10-6-4-7-11-23)24-12-8-5-9-13-24/h2-4,6-7,10-11,19,22,24,26,31H,5,8-9,12-18,20-21H2,1H3/q+1/t22?,26-,28-,30?/m0/s1. The molecule has 5 heteroatoms. The third-order valence-electron chi connectivity index (χ3n) is 8.46. The summed E-state index contributed by atoms with van der Waals surface area (Å²) in [6.07, 6.45) is 14.4. The highest BCUT2D eigenvalue weighted by Crippen LogP contribution is 2.44. The molecule has 178 valence electrons. The van der Waals surface area contributed by atoms with Gasteiger partial charge in [0.1, 0.15) is 19.2 Å². The Kier molecular flexibility index (Phi) is 6.73. The summed E-state index contributed by atoms with van der Waals surface area (Å²) < 4.78 is 13.6. The van der Waals surface area contributed by atoms with Gasteiger partial charge in [-0.1, -0.05) is 61.7 Å². The second kappa shape index (κ2) is 9.73. The number of piperidine rings is 3. The molecule has 2 atom stereocenters. The Morgan fingerprint density at radius 2 is 1.88 bits per heavy atom. The van der Waals surface area contributed by atoms with E-state index in [-0.39, 0.29) is 5.92 Å². The number of aromatic nitrogens is 1. The second-order valence-corrected chi connectivity index (χ2v) is 10.5. The van der Waals surface area contributed by atoms with Crippen LogP contribution >= 0.6 is 0 Å². The van der Waals surface area contributed by atoms with Crippen LogP contribution in [0.2, 0.25) is 0 Å². The Hall–Kier alpha value is -1.95. The lowest BCUT2D eigenvalue weighted by Gasteiger charge is -2.51. The number of ether oxygens (including phenoxy) is 1. The van der Waals surface area contributed by atoms with E-state index in [1.165, 1.54) is 32.4 Å². The molecule has 1 N–H and O–H groups in total. The molecule has 0 amide bonds. The summed E-state index contributed by atoms with van der Waals surface area (Å²) in [5.41, 5.74) is -0.263. The van der Waals surface area contributed by atoms with Gasteiger partial charge in [-0.05, 0) is 25.3 Å². The van der Waals surface area contributed by atoms with E-state index in [1.807, 2.05) is 43.5 Å². The van der Waals surface area contributed by atoms with Crippen LogP contribution in [0.25, 0.3) is 0 Å². The van der Waals surface area contributed by atoms with Gasteiger partial charge >= 0.3 is 0 Å². The van der Waals surface area contributed by atoms with Gasteiger partial charge in [0.25, 0.3) is 0 Å². The van der Waals surface area contributed by atoms with Crippen LogP contribution in [-0.2, 0) is 16.9 Å². The molecule has 1 aromatic carbocycles. The molecule has 1 saturated carbocycles. The molecular formula is C28H39N2O3+. The molecule has 4 heterocycles. The van der Waals surface area contributed by atoms with Gasteiger partial charge in [0.2, 0.25) is 5.89 Å². The van der Waals surface area contributed by atoms with Crippen LogP contribution < -0.4 is 0 Å². The van der Waals surface area contributed by atoms with Gasteiger partial charge in [-0.25, -0.2) is 4.98 Å². The average molecular weight is 452 g/mol. The van der Waals surface area contributed by atoms with Crippen molar-refractivity contribution in [3.05, 3.63) is 65.9 Å². The highest BCUT2D eigenvalue weighted by Gasteiger charge is 2.48. The third kappa shape index (κ3) is 4.55. The Morgan fingerprint density at radius 3 is 2.61 bits per heavy atom. The van der Waals surface area contributed by atoms with E-state index in [1.54, 1.807) is 0 Å². The number of fused-ring (bicyclic) bond motifs is 3. The molecule has 3 saturated heterocycles. The normalized spacial score (nSPS) is 30.0. The fourth-order valence-electron chi connectivity index (χ4n) is 6.54. The summed E-state index contributed by atoms with van der Waals surface area (Å²) in [4.78, 5) is 4.70. The van der Waals surface area contributed by atoms with Gasteiger partial charge in [-0.15, -0.1) is 0 Å². The van der Waals surface area contributed by atoms with Gasteiger partial charge in [-0.2, -0.15) is 0 Å². The number of rotatable bonds is 8. The van der Waals surface area contributed by atoms with Crippen molar-refractivity contribution in [2.75, 3.05) is 26.2 Å². The minimum absolute atomic E-state index is 0.141. The zero-order valence-corrected chi connectivity index (χ0v) is 20.0. The maximum absolute atomic E-state index is 12.1. The molecule has 4 fully saturated rings. The quantitative estimate of drug-likeness (QED) is 0.443. The monoisotopic (exact) mass is 451 g/mol. The summed E-state index contributed by atoms with van der Waals surface area (Å²) in [5.74, 6) is 2.20. The van der Waals surface area contributed by atoms with E-state index < -0.39 is 5.60 Å². The Bertz CT molecular complexity index is 926. The zero-order valence-electron chi connectivity index (χ0n) is 20.0. The SMILES string of the molecule is CC=CCO[C@H]1C[N+]2(Cc3cnc([C@](O)(c4ccccc4)C4CCCCC4)o3)CCC1CC2. The maximum atomic E-state index is 12.1. The van der Waals surface area contributed by atoms with Crippen LogP contribution in [0, 0.1) is 11.8 Å². The first-order valence-electron chi connectivity index (χ1n) is 12.9. The number of quaternary nitrogens is 1. The lowest BCUT2D eigenvalue weighted by atomic mass is 9.73. The predicted octanol–water partition coefficient (Wildman–Crippen LogP) is 5.19. The molecular weight excluding hydrogens is 412 g/mol. The third-order valence-corrected chi connectivity index (χ3v) is 8.46. The van der Waals surface area contributed by atoms with Crippen LogP contribution in [0.1, 0.15) is 69.1 Å². The van der Waals surface area contributed by atoms with Crippen molar-refractivity contribution in [2.45, 2.75) is 70.1 Å². The van der Waals surface area contributed by atoms with Crippen molar-refractivity contribution in [3.8, 4) is 0 Å². The molecule has 6 rings (SSSR count). The Labute approximate surface area is 198 Å². The van der Waals surface area contributed by atoms with Gasteiger partial charge in [0.05, 0.1) is 25.9 Å². The van der Waals surface area contributed by atoms with E-state index >= 15 is 0 Å². The molecule has 1 aromatic heterocycles. The van der Waals surface area contributed by atoms with Gasteiger partial charge in [-0.3, -0.25) is 0 Å². The minimum Gasteiger partial charge on any atom is -0.436 e. The predicted molar refractivity (Wildman–Crippen MR) is 128 cm³/mol. The Balaban J connectivity index is 1.37. The van der Waals surface area contributed by atoms with Crippen LogP contribution in [-0.4, -0.2) is 46.9 Å². The molecule has 2 aromatic rings. The molecule has 0 unspecified atom stereocenters. The van der Waals surface area contributed by atoms with Crippen LogP contribution in [0.5, 0.6) is 0 Å². The van der Waals surface area contributed by atoms with E-state index in [0.717, 1.165) is 54.6 Å². The van der Waals surface area contributed by atoms with E-state index in [2.05, 4.69) is 12.2 Å².